The Morgan fingerprint density at radius 1 is 1.06 bits per heavy atom. The highest BCUT2D eigenvalue weighted by atomic mass is 32.1. The Hall–Kier alpha value is -3.45. The highest BCUT2D eigenvalue weighted by Crippen LogP contribution is 2.32. The van der Waals surface area contributed by atoms with Gasteiger partial charge in [-0.15, -0.1) is 0 Å². The number of carbonyl (C=O) groups is 1. The minimum absolute atomic E-state index is 0.0458. The Kier molecular flexibility index (Phi) is 6.68. The van der Waals surface area contributed by atoms with Gasteiger partial charge in [-0.25, -0.2) is 0 Å². The van der Waals surface area contributed by atoms with E-state index in [1.165, 1.54) is 19.3 Å². The first-order valence-electron chi connectivity index (χ1n) is 12.2. The number of hydrogen-bond donors (Lipinski definition) is 2. The van der Waals surface area contributed by atoms with Crippen LogP contribution in [0.5, 0.6) is 5.75 Å². The molecule has 0 spiro atoms. The van der Waals surface area contributed by atoms with Gasteiger partial charge in [0.2, 0.25) is 5.91 Å². The molecule has 35 heavy (non-hydrogen) atoms. The molecule has 3 aromatic carbocycles. The number of ether oxygens (including phenoxy) is 1. The van der Waals surface area contributed by atoms with Gasteiger partial charge >= 0.3 is 0 Å². The molecule has 5 rings (SSSR count). The van der Waals surface area contributed by atoms with Crippen molar-refractivity contribution < 1.29 is 9.53 Å². The van der Waals surface area contributed by atoms with E-state index in [0.29, 0.717) is 10.8 Å². The molecule has 0 aliphatic heterocycles. The average Bonchev–Trinajstić information content (AvgIpc) is 3.29. The summed E-state index contributed by atoms with van der Waals surface area (Å²) in [6.45, 7) is 1.93. The van der Waals surface area contributed by atoms with E-state index in [9.17, 15) is 4.79 Å². The third-order valence-corrected chi connectivity index (χ3v) is 7.31. The molecule has 1 fully saturated rings. The van der Waals surface area contributed by atoms with Gasteiger partial charge in [-0.2, -0.15) is 5.10 Å². The van der Waals surface area contributed by atoms with Gasteiger partial charge in [-0.3, -0.25) is 14.5 Å². The molecule has 1 saturated carbocycles. The summed E-state index contributed by atoms with van der Waals surface area (Å²) >= 11 is 5.54. The van der Waals surface area contributed by atoms with Crippen molar-refractivity contribution in [2.75, 3.05) is 12.4 Å². The number of carbonyl (C=O) groups excluding carboxylic acids is 1. The van der Waals surface area contributed by atoms with Crippen LogP contribution in [0.15, 0.2) is 60.7 Å². The first kappa shape index (κ1) is 23.3. The van der Waals surface area contributed by atoms with Gasteiger partial charge in [-0.1, -0.05) is 43.5 Å². The van der Waals surface area contributed by atoms with E-state index >= 15 is 0 Å². The van der Waals surface area contributed by atoms with Crippen LogP contribution < -0.4 is 10.1 Å². The minimum atomic E-state index is -0.288. The van der Waals surface area contributed by atoms with Crippen LogP contribution in [0, 0.1) is 4.77 Å². The minimum Gasteiger partial charge on any atom is -0.497 e. The van der Waals surface area contributed by atoms with Crippen molar-refractivity contribution in [3.63, 3.8) is 0 Å². The smallest absolute Gasteiger partial charge is 0.231 e. The second-order valence-corrected chi connectivity index (χ2v) is 9.66. The second-order valence-electron chi connectivity index (χ2n) is 9.28. The van der Waals surface area contributed by atoms with Gasteiger partial charge in [0, 0.05) is 17.3 Å². The van der Waals surface area contributed by atoms with E-state index in [1.807, 2.05) is 61.5 Å². The SMILES string of the molecule is COc1ccc2cc(C(C)C(=O)Nc3ccc(-c4n[nH]c(=S)n4C4CCCCC4)cc3)ccc2c1. The number of aromatic nitrogens is 3. The van der Waals surface area contributed by atoms with Crippen LogP contribution >= 0.6 is 12.2 Å². The number of amides is 1. The molecule has 1 atom stereocenters. The van der Waals surface area contributed by atoms with E-state index in [1.54, 1.807) is 7.11 Å². The molecule has 4 aromatic rings. The molecule has 6 nitrogen and oxygen atoms in total. The molecule has 0 bridgehead atoms. The highest BCUT2D eigenvalue weighted by Gasteiger charge is 2.21. The van der Waals surface area contributed by atoms with Crippen molar-refractivity contribution in [1.29, 1.82) is 0 Å². The fourth-order valence-electron chi connectivity index (χ4n) is 4.93. The lowest BCUT2D eigenvalue weighted by Gasteiger charge is -2.24. The first-order valence-corrected chi connectivity index (χ1v) is 12.6. The van der Waals surface area contributed by atoms with E-state index in [-0.39, 0.29) is 11.8 Å². The van der Waals surface area contributed by atoms with Crippen LogP contribution in [0.4, 0.5) is 5.69 Å². The van der Waals surface area contributed by atoms with Gasteiger partial charge in [0.1, 0.15) is 5.75 Å². The molecular weight excluding hydrogens is 456 g/mol. The highest BCUT2D eigenvalue weighted by molar-refractivity contribution is 7.71. The van der Waals surface area contributed by atoms with Gasteiger partial charge in [0.05, 0.1) is 13.0 Å². The molecule has 1 aliphatic carbocycles. The van der Waals surface area contributed by atoms with Crippen molar-refractivity contribution >= 4 is 34.6 Å². The van der Waals surface area contributed by atoms with Crippen LogP contribution in [0.1, 0.15) is 56.6 Å². The molecule has 1 aromatic heterocycles. The van der Waals surface area contributed by atoms with Gasteiger partial charge < -0.3 is 10.1 Å². The lowest BCUT2D eigenvalue weighted by molar-refractivity contribution is -0.117. The van der Waals surface area contributed by atoms with Crippen molar-refractivity contribution in [3.05, 3.63) is 71.0 Å². The number of benzene rings is 3. The van der Waals surface area contributed by atoms with Crippen molar-refractivity contribution in [1.82, 2.24) is 14.8 Å². The molecule has 1 aliphatic rings. The lowest BCUT2D eigenvalue weighted by atomic mass is 9.95. The lowest BCUT2D eigenvalue weighted by Crippen LogP contribution is -2.18. The number of aromatic amines is 1. The molecule has 2 N–H and O–H groups in total. The summed E-state index contributed by atoms with van der Waals surface area (Å²) in [5.41, 5.74) is 2.72. The van der Waals surface area contributed by atoms with Crippen LogP contribution in [0.25, 0.3) is 22.2 Å². The average molecular weight is 487 g/mol. The van der Waals surface area contributed by atoms with Crippen LogP contribution in [0.2, 0.25) is 0 Å². The van der Waals surface area contributed by atoms with E-state index in [2.05, 4.69) is 26.1 Å². The zero-order valence-electron chi connectivity index (χ0n) is 20.1. The summed E-state index contributed by atoms with van der Waals surface area (Å²) in [7, 11) is 1.66. The maximum atomic E-state index is 13.0. The standard InChI is InChI=1S/C28H30N4O2S/c1-18(20-8-9-22-17-25(34-2)15-12-21(22)16-20)27(33)29-23-13-10-19(11-14-23)26-30-31-28(35)32(26)24-6-4-3-5-7-24/h8-18,24H,3-7H2,1-2H3,(H,29,33)(H,31,35). The predicted octanol–water partition coefficient (Wildman–Crippen LogP) is 7.02. The van der Waals surface area contributed by atoms with Crippen molar-refractivity contribution in [3.8, 4) is 17.1 Å². The third kappa shape index (κ3) is 4.86. The van der Waals surface area contributed by atoms with Crippen LogP contribution in [0.3, 0.4) is 0 Å². The number of methoxy groups -OCH3 is 1. The van der Waals surface area contributed by atoms with Crippen molar-refractivity contribution in [2.45, 2.75) is 51.0 Å². The van der Waals surface area contributed by atoms with Crippen LogP contribution in [-0.2, 0) is 4.79 Å². The quantitative estimate of drug-likeness (QED) is 0.287. The molecule has 1 amide bonds. The van der Waals surface area contributed by atoms with Gasteiger partial charge in [0.25, 0.3) is 0 Å². The summed E-state index contributed by atoms with van der Waals surface area (Å²) < 4.78 is 8.14. The molecule has 1 heterocycles. The topological polar surface area (TPSA) is 71.9 Å². The molecule has 1 unspecified atom stereocenters. The number of anilines is 1. The summed E-state index contributed by atoms with van der Waals surface area (Å²) in [6, 6.07) is 20.3. The number of H-pyrrole nitrogens is 1. The summed E-state index contributed by atoms with van der Waals surface area (Å²) in [5.74, 6) is 1.35. The summed E-state index contributed by atoms with van der Waals surface area (Å²) in [6.07, 6.45) is 6.01. The zero-order chi connectivity index (χ0) is 24.4. The van der Waals surface area contributed by atoms with E-state index < -0.39 is 0 Å². The summed E-state index contributed by atoms with van der Waals surface area (Å²) in [5, 5.41) is 12.7. The molecule has 0 saturated heterocycles. The monoisotopic (exact) mass is 486 g/mol. The Balaban J connectivity index is 1.30. The maximum Gasteiger partial charge on any atom is 0.231 e. The van der Waals surface area contributed by atoms with E-state index in [0.717, 1.165) is 52.0 Å². The summed E-state index contributed by atoms with van der Waals surface area (Å²) in [4.78, 5) is 13.0. The Labute approximate surface area is 210 Å². The van der Waals surface area contributed by atoms with Gasteiger partial charge in [0.15, 0.2) is 10.6 Å². The van der Waals surface area contributed by atoms with E-state index in [4.69, 9.17) is 17.0 Å². The zero-order valence-corrected chi connectivity index (χ0v) is 20.9. The molecular formula is C28H30N4O2S. The maximum absolute atomic E-state index is 13.0. The Bertz CT molecular complexity index is 1400. The largest absolute Gasteiger partial charge is 0.497 e. The molecule has 180 valence electrons. The van der Waals surface area contributed by atoms with Gasteiger partial charge in [-0.05, 0) is 84.7 Å². The Morgan fingerprint density at radius 3 is 2.51 bits per heavy atom. The number of hydrogen-bond acceptors (Lipinski definition) is 4. The first-order chi connectivity index (χ1) is 17.0. The molecule has 7 heteroatoms. The normalized spacial score (nSPS) is 15.1. The third-order valence-electron chi connectivity index (χ3n) is 7.02. The predicted molar refractivity (Wildman–Crippen MR) is 143 cm³/mol. The number of nitrogens with one attached hydrogen (secondary N) is 2. The number of rotatable bonds is 6. The number of fused-ring (bicyclic) bond motifs is 1. The van der Waals surface area contributed by atoms with Crippen molar-refractivity contribution in [2.24, 2.45) is 0 Å². The number of nitrogens with zero attached hydrogens (tertiary/aromatic N) is 2. The van der Waals surface area contributed by atoms with Crippen LogP contribution in [-0.4, -0.2) is 27.8 Å². The second kappa shape index (κ2) is 10.0. The fourth-order valence-corrected chi connectivity index (χ4v) is 5.21. The fraction of sp³-hybridized carbons (Fsp3) is 0.321. The Morgan fingerprint density at radius 2 is 1.77 bits per heavy atom. The molecule has 0 radical (unpaired) electrons.